The average molecular weight is 537 g/mol. The zero-order valence-corrected chi connectivity index (χ0v) is 20.5. The number of nitrogens with zero attached hydrogens (tertiary/aromatic N) is 3. The molecular weight excluding hydrogens is 510 g/mol. The van der Waals surface area contributed by atoms with Crippen molar-refractivity contribution in [2.24, 2.45) is 0 Å². The van der Waals surface area contributed by atoms with E-state index in [0.717, 1.165) is 34.4 Å². The number of aryl methyl sites for hydroxylation is 2. The zero-order valence-electron chi connectivity index (χ0n) is 20.5. The maximum absolute atomic E-state index is 13.7. The molecule has 0 aliphatic heterocycles. The molecule has 3 aromatic carbocycles. The van der Waals surface area contributed by atoms with Gasteiger partial charge in [0.25, 0.3) is 5.56 Å². The summed E-state index contributed by atoms with van der Waals surface area (Å²) in [5.74, 6) is -0.0366. The first-order valence-corrected chi connectivity index (χ1v) is 12.1. The summed E-state index contributed by atoms with van der Waals surface area (Å²) in [5, 5.41) is 3.82. The number of benzene rings is 3. The minimum atomic E-state index is -0.610. The topological polar surface area (TPSA) is 93.8 Å². The minimum absolute atomic E-state index is 0. The first-order chi connectivity index (χ1) is 17.9. The summed E-state index contributed by atoms with van der Waals surface area (Å²) >= 11 is 0. The van der Waals surface area contributed by atoms with E-state index in [-0.39, 0.29) is 62.8 Å². The Labute approximate surface area is 261 Å². The molecule has 5 rings (SSSR count). The van der Waals surface area contributed by atoms with Gasteiger partial charge < -0.3 is 0 Å². The Kier molecular flexibility index (Phi) is 9.06. The maximum atomic E-state index is 13.7. The first kappa shape index (κ1) is 28.1. The molecule has 0 atom stereocenters. The molecule has 0 radical (unpaired) electrons. The van der Waals surface area contributed by atoms with Gasteiger partial charge in [-0.3, -0.25) is 18.9 Å². The van der Waals surface area contributed by atoms with Crippen LogP contribution < -0.4 is 11.3 Å². The van der Waals surface area contributed by atoms with E-state index in [4.69, 9.17) is 4.98 Å². The second-order valence-electron chi connectivity index (χ2n) is 8.81. The van der Waals surface area contributed by atoms with Crippen LogP contribution in [-0.4, -0.2) is 71.1 Å². The fraction of sp³-hybridized carbons (Fsp3) is 0.172. The van der Waals surface area contributed by atoms with Gasteiger partial charge in [-0.1, -0.05) is 67.0 Å². The fourth-order valence-electron chi connectivity index (χ4n) is 4.53. The van der Waals surface area contributed by atoms with Crippen LogP contribution in [0.15, 0.2) is 86.9 Å². The number of aromatic amines is 1. The van der Waals surface area contributed by atoms with Crippen molar-refractivity contribution in [1.29, 1.82) is 0 Å². The normalized spacial score (nSPS) is 10.8. The molecule has 5 aromatic rings. The molecule has 0 aliphatic rings. The molecule has 7 nitrogen and oxygen atoms in total. The van der Waals surface area contributed by atoms with Crippen molar-refractivity contribution in [3.05, 3.63) is 122 Å². The van der Waals surface area contributed by atoms with E-state index in [1.165, 1.54) is 16.7 Å². The summed E-state index contributed by atoms with van der Waals surface area (Å²) in [6.45, 7) is 3.85. The molecule has 38 heavy (non-hydrogen) atoms. The molecule has 188 valence electrons. The Morgan fingerprint density at radius 3 is 2.26 bits per heavy atom. The van der Waals surface area contributed by atoms with Gasteiger partial charge in [0.05, 0.1) is 11.4 Å². The van der Waals surface area contributed by atoms with Crippen LogP contribution in [0.25, 0.3) is 28.2 Å². The molecule has 9 heteroatoms. The molecule has 0 unspecified atom stereocenters. The molecule has 0 bridgehead atoms. The van der Waals surface area contributed by atoms with Crippen LogP contribution >= 0.6 is 0 Å². The third kappa shape index (κ3) is 5.87. The van der Waals surface area contributed by atoms with E-state index in [2.05, 4.69) is 21.6 Å². The number of hydrogen-bond donors (Lipinski definition) is 1. The summed E-state index contributed by atoms with van der Waals surface area (Å²) in [6, 6.07) is 21.4. The Bertz CT molecular complexity index is 1670. The van der Waals surface area contributed by atoms with Gasteiger partial charge in [0.2, 0.25) is 0 Å². The summed E-state index contributed by atoms with van der Waals surface area (Å²) < 4.78 is 19.7. The van der Waals surface area contributed by atoms with Crippen molar-refractivity contribution in [3.8, 4) is 28.2 Å². The van der Waals surface area contributed by atoms with Crippen LogP contribution in [0.3, 0.4) is 0 Å². The van der Waals surface area contributed by atoms with E-state index < -0.39 is 5.76 Å². The third-order valence-electron chi connectivity index (χ3n) is 6.27. The first-order valence-electron chi connectivity index (χ1n) is 12.1. The standard InChI is InChI=1S/C29H25FN4O3.K.H/c1-3-6-26-25(28(35)34(18(2)31-26)22-15-13-21(30)14-16-22)17-19-9-11-20(12-10-19)23-7-4-5-8-24(23)27-32-29(36)37-33-27;;/h4-5,7-16H,3,6,17H2,1-2H3,(H,32,33,36);;. The molecule has 0 spiro atoms. The van der Waals surface area contributed by atoms with Gasteiger partial charge in [-0.05, 0) is 54.3 Å². The van der Waals surface area contributed by atoms with E-state index in [9.17, 15) is 14.0 Å². The number of hydrogen-bond acceptors (Lipinski definition) is 5. The van der Waals surface area contributed by atoms with Gasteiger partial charge in [0.1, 0.15) is 11.6 Å². The second kappa shape index (κ2) is 12.3. The Balaban J connectivity index is 0.00000336. The van der Waals surface area contributed by atoms with Gasteiger partial charge in [-0.2, -0.15) is 0 Å². The van der Waals surface area contributed by atoms with Crippen LogP contribution in [0.2, 0.25) is 0 Å². The van der Waals surface area contributed by atoms with Crippen molar-refractivity contribution in [3.63, 3.8) is 0 Å². The Morgan fingerprint density at radius 2 is 1.63 bits per heavy atom. The Hall–Kier alpha value is -2.95. The summed E-state index contributed by atoms with van der Waals surface area (Å²) in [7, 11) is 0. The monoisotopic (exact) mass is 536 g/mol. The SMILES string of the molecule is CCCc1nc(C)n(-c2ccc(F)cc2)c(=O)c1Cc1ccc(-c2ccccc2-c2noc(=O)[nH]2)cc1.[KH]. The van der Waals surface area contributed by atoms with Gasteiger partial charge in [0.15, 0.2) is 5.82 Å². The predicted molar refractivity (Wildman–Crippen MR) is 146 cm³/mol. The van der Waals surface area contributed by atoms with Crippen LogP contribution in [0.4, 0.5) is 4.39 Å². The summed E-state index contributed by atoms with van der Waals surface area (Å²) in [5.41, 5.74) is 5.38. The Morgan fingerprint density at radius 1 is 0.947 bits per heavy atom. The fourth-order valence-corrected chi connectivity index (χ4v) is 4.53. The van der Waals surface area contributed by atoms with E-state index >= 15 is 0 Å². The molecular formula is C29H26FKN4O3. The van der Waals surface area contributed by atoms with Crippen molar-refractivity contribution < 1.29 is 8.91 Å². The number of H-pyrrole nitrogens is 1. The van der Waals surface area contributed by atoms with Gasteiger partial charge in [0, 0.05) is 17.5 Å². The van der Waals surface area contributed by atoms with Gasteiger partial charge in [-0.15, -0.1) is 0 Å². The molecule has 0 fully saturated rings. The van der Waals surface area contributed by atoms with Gasteiger partial charge in [-0.25, -0.2) is 14.2 Å². The van der Waals surface area contributed by atoms with Crippen LogP contribution in [0.5, 0.6) is 0 Å². The zero-order chi connectivity index (χ0) is 25.9. The van der Waals surface area contributed by atoms with Crippen LogP contribution in [0.1, 0.15) is 36.0 Å². The van der Waals surface area contributed by atoms with Crippen LogP contribution in [0, 0.1) is 12.7 Å². The molecule has 1 N–H and O–H groups in total. The second-order valence-corrected chi connectivity index (χ2v) is 8.81. The van der Waals surface area contributed by atoms with E-state index in [1.54, 1.807) is 19.1 Å². The quantitative estimate of drug-likeness (QED) is 0.307. The molecule has 0 amide bonds. The summed E-state index contributed by atoms with van der Waals surface area (Å²) in [6.07, 6.45) is 1.97. The number of halogens is 1. The van der Waals surface area contributed by atoms with Crippen molar-refractivity contribution in [2.45, 2.75) is 33.1 Å². The molecule has 0 aliphatic carbocycles. The summed E-state index contributed by atoms with van der Waals surface area (Å²) in [4.78, 5) is 32.5. The van der Waals surface area contributed by atoms with E-state index in [1.807, 2.05) is 48.5 Å². The molecule has 2 aromatic heterocycles. The molecule has 0 saturated carbocycles. The van der Waals surface area contributed by atoms with Crippen molar-refractivity contribution in [2.75, 3.05) is 0 Å². The molecule has 2 heterocycles. The average Bonchev–Trinajstić information content (AvgIpc) is 3.34. The third-order valence-corrected chi connectivity index (χ3v) is 6.27. The van der Waals surface area contributed by atoms with Crippen molar-refractivity contribution in [1.82, 2.24) is 19.7 Å². The number of nitrogens with one attached hydrogen (secondary N) is 1. The van der Waals surface area contributed by atoms with Gasteiger partial charge >= 0.3 is 57.1 Å². The predicted octanol–water partition coefficient (Wildman–Crippen LogP) is 4.59. The number of rotatable bonds is 7. The van der Waals surface area contributed by atoms with Crippen molar-refractivity contribution >= 4 is 51.4 Å². The molecule has 0 saturated heterocycles. The van der Waals surface area contributed by atoms with E-state index in [0.29, 0.717) is 35.7 Å². The van der Waals surface area contributed by atoms with Crippen LogP contribution in [-0.2, 0) is 12.8 Å². The number of aromatic nitrogens is 4.